The highest BCUT2D eigenvalue weighted by Gasteiger charge is 2.24. The van der Waals surface area contributed by atoms with Gasteiger partial charge in [-0.25, -0.2) is 4.98 Å². The first-order chi connectivity index (χ1) is 11.1. The van der Waals surface area contributed by atoms with Crippen LogP contribution in [0.5, 0.6) is 0 Å². The van der Waals surface area contributed by atoms with Crippen molar-refractivity contribution in [2.45, 2.75) is 33.9 Å². The molecular formula is C16H23N5O2. The molecular weight excluding hydrogens is 294 g/mol. The highest BCUT2D eigenvalue weighted by atomic mass is 16.4. The molecule has 3 rings (SSSR count). The van der Waals surface area contributed by atoms with Gasteiger partial charge in [0.2, 0.25) is 5.89 Å². The van der Waals surface area contributed by atoms with E-state index in [0.717, 1.165) is 50.1 Å². The van der Waals surface area contributed by atoms with Crippen molar-refractivity contribution in [3.05, 3.63) is 35.3 Å². The molecule has 0 bridgehead atoms. The molecule has 0 spiro atoms. The fraction of sp³-hybridized carbons (Fsp3) is 0.562. The number of rotatable bonds is 4. The van der Waals surface area contributed by atoms with Gasteiger partial charge < -0.3 is 9.32 Å². The van der Waals surface area contributed by atoms with Crippen molar-refractivity contribution in [2.75, 3.05) is 26.2 Å². The Bertz CT molecular complexity index is 663. The number of nitrogens with zero attached hydrogens (tertiary/aromatic N) is 5. The minimum Gasteiger partial charge on any atom is -0.444 e. The van der Waals surface area contributed by atoms with E-state index in [-0.39, 0.29) is 5.91 Å². The van der Waals surface area contributed by atoms with Crippen molar-refractivity contribution in [3.63, 3.8) is 0 Å². The smallest absolute Gasteiger partial charge is 0.257 e. The summed E-state index contributed by atoms with van der Waals surface area (Å²) in [5, 5.41) is 4.17. The average molecular weight is 317 g/mol. The van der Waals surface area contributed by atoms with Crippen molar-refractivity contribution >= 4 is 5.91 Å². The molecule has 124 valence electrons. The largest absolute Gasteiger partial charge is 0.444 e. The van der Waals surface area contributed by atoms with Gasteiger partial charge in [-0.2, -0.15) is 5.10 Å². The van der Waals surface area contributed by atoms with E-state index in [9.17, 15) is 4.79 Å². The predicted octanol–water partition coefficient (Wildman–Crippen LogP) is 1.47. The van der Waals surface area contributed by atoms with Gasteiger partial charge in [0.05, 0.1) is 24.0 Å². The van der Waals surface area contributed by atoms with Crippen molar-refractivity contribution in [1.82, 2.24) is 24.6 Å². The molecule has 0 unspecified atom stereocenters. The highest BCUT2D eigenvalue weighted by molar-refractivity contribution is 5.93. The third-order valence-electron chi connectivity index (χ3n) is 4.30. The van der Waals surface area contributed by atoms with Crippen LogP contribution in [0.3, 0.4) is 0 Å². The molecule has 1 amide bonds. The lowest BCUT2D eigenvalue weighted by atomic mass is 10.2. The van der Waals surface area contributed by atoms with E-state index in [1.54, 1.807) is 10.9 Å². The summed E-state index contributed by atoms with van der Waals surface area (Å²) in [6.07, 6.45) is 3.46. The molecule has 2 aromatic heterocycles. The number of aryl methyl sites for hydroxylation is 3. The molecule has 0 N–H and O–H groups in total. The fourth-order valence-electron chi connectivity index (χ4n) is 2.74. The molecule has 23 heavy (non-hydrogen) atoms. The molecule has 1 saturated heterocycles. The maximum absolute atomic E-state index is 12.5. The number of carbonyl (C=O) groups excluding carboxylic acids is 1. The molecule has 1 aliphatic heterocycles. The van der Waals surface area contributed by atoms with E-state index in [2.05, 4.69) is 15.0 Å². The van der Waals surface area contributed by atoms with Crippen LogP contribution in [0.2, 0.25) is 0 Å². The van der Waals surface area contributed by atoms with Crippen LogP contribution in [0.15, 0.2) is 16.8 Å². The Morgan fingerprint density at radius 1 is 1.26 bits per heavy atom. The second kappa shape index (κ2) is 6.54. The fourth-order valence-corrected chi connectivity index (χ4v) is 2.74. The van der Waals surface area contributed by atoms with Crippen molar-refractivity contribution in [3.8, 4) is 0 Å². The lowest BCUT2D eigenvalue weighted by molar-refractivity contribution is 0.0617. The van der Waals surface area contributed by atoms with Crippen molar-refractivity contribution in [1.29, 1.82) is 0 Å². The van der Waals surface area contributed by atoms with Crippen molar-refractivity contribution in [2.24, 2.45) is 0 Å². The van der Waals surface area contributed by atoms with Crippen LogP contribution < -0.4 is 0 Å². The zero-order chi connectivity index (χ0) is 16.4. The van der Waals surface area contributed by atoms with E-state index in [0.29, 0.717) is 12.1 Å². The molecule has 1 fully saturated rings. The number of piperazine rings is 1. The van der Waals surface area contributed by atoms with Crippen LogP contribution in [-0.2, 0) is 13.1 Å². The first-order valence-electron chi connectivity index (χ1n) is 8.03. The molecule has 1 aliphatic rings. The Hall–Kier alpha value is -2.15. The number of oxazole rings is 1. The summed E-state index contributed by atoms with van der Waals surface area (Å²) in [7, 11) is 0. The zero-order valence-corrected chi connectivity index (χ0v) is 13.9. The van der Waals surface area contributed by atoms with Gasteiger partial charge in [0.25, 0.3) is 5.91 Å². The Labute approximate surface area is 135 Å². The summed E-state index contributed by atoms with van der Waals surface area (Å²) in [4.78, 5) is 21.0. The third kappa shape index (κ3) is 3.44. The van der Waals surface area contributed by atoms with Gasteiger partial charge in [-0.3, -0.25) is 14.4 Å². The number of hydrogen-bond acceptors (Lipinski definition) is 5. The highest BCUT2D eigenvalue weighted by Crippen LogP contribution is 2.13. The Morgan fingerprint density at radius 3 is 2.57 bits per heavy atom. The number of amides is 1. The summed E-state index contributed by atoms with van der Waals surface area (Å²) in [5.74, 6) is 1.69. The summed E-state index contributed by atoms with van der Waals surface area (Å²) in [6.45, 7) is 10.5. The van der Waals surface area contributed by atoms with E-state index in [4.69, 9.17) is 4.42 Å². The second-order valence-corrected chi connectivity index (χ2v) is 5.90. The normalized spacial score (nSPS) is 16.0. The summed E-state index contributed by atoms with van der Waals surface area (Å²) in [5.41, 5.74) is 1.61. The van der Waals surface area contributed by atoms with Gasteiger partial charge in [-0.05, 0) is 20.8 Å². The number of aromatic nitrogens is 3. The first kappa shape index (κ1) is 15.7. The molecule has 0 aliphatic carbocycles. The van der Waals surface area contributed by atoms with Crippen LogP contribution in [0, 0.1) is 13.8 Å². The van der Waals surface area contributed by atoms with Gasteiger partial charge >= 0.3 is 0 Å². The summed E-state index contributed by atoms with van der Waals surface area (Å²) >= 11 is 0. The summed E-state index contributed by atoms with van der Waals surface area (Å²) in [6, 6.07) is 0. The number of hydrogen-bond donors (Lipinski definition) is 0. The monoisotopic (exact) mass is 317 g/mol. The summed E-state index contributed by atoms with van der Waals surface area (Å²) < 4.78 is 7.41. The minimum absolute atomic E-state index is 0.0622. The van der Waals surface area contributed by atoms with E-state index >= 15 is 0 Å². The molecule has 7 heteroatoms. The maximum Gasteiger partial charge on any atom is 0.257 e. The topological polar surface area (TPSA) is 67.4 Å². The molecule has 0 saturated carbocycles. The quantitative estimate of drug-likeness (QED) is 0.854. The molecule has 7 nitrogen and oxygen atoms in total. The lowest BCUT2D eigenvalue weighted by Crippen LogP contribution is -2.48. The third-order valence-corrected chi connectivity index (χ3v) is 4.30. The van der Waals surface area contributed by atoms with Gasteiger partial charge in [0.1, 0.15) is 5.76 Å². The van der Waals surface area contributed by atoms with Gasteiger partial charge in [-0.1, -0.05) is 0 Å². The molecule has 0 aromatic carbocycles. The van der Waals surface area contributed by atoms with Crippen LogP contribution in [0.1, 0.15) is 34.6 Å². The standard InChI is InChI=1S/C16H23N5O2/c1-4-21-10-14(9-17-21)16(22)20-7-5-19(6-8-20)11-15-18-12(2)13(3)23-15/h9-10H,4-8,11H2,1-3H3. The Morgan fingerprint density at radius 2 is 2.00 bits per heavy atom. The minimum atomic E-state index is 0.0622. The van der Waals surface area contributed by atoms with Crippen LogP contribution in [0.4, 0.5) is 0 Å². The van der Waals surface area contributed by atoms with Crippen LogP contribution in [-0.4, -0.2) is 56.7 Å². The maximum atomic E-state index is 12.5. The van der Waals surface area contributed by atoms with Gasteiger partial charge in [0.15, 0.2) is 0 Å². The number of carbonyl (C=O) groups is 1. The van der Waals surface area contributed by atoms with E-state index in [1.165, 1.54) is 0 Å². The average Bonchev–Trinajstić information content (AvgIpc) is 3.14. The van der Waals surface area contributed by atoms with Crippen LogP contribution in [0.25, 0.3) is 0 Å². The van der Waals surface area contributed by atoms with Gasteiger partial charge in [-0.15, -0.1) is 0 Å². The van der Waals surface area contributed by atoms with Gasteiger partial charge in [0, 0.05) is 38.9 Å². The Kier molecular flexibility index (Phi) is 4.47. The lowest BCUT2D eigenvalue weighted by Gasteiger charge is -2.33. The van der Waals surface area contributed by atoms with Crippen LogP contribution >= 0.6 is 0 Å². The second-order valence-electron chi connectivity index (χ2n) is 5.90. The zero-order valence-electron chi connectivity index (χ0n) is 13.9. The molecule has 2 aromatic rings. The molecule has 3 heterocycles. The van der Waals surface area contributed by atoms with Crippen molar-refractivity contribution < 1.29 is 9.21 Å². The van der Waals surface area contributed by atoms with E-state index < -0.39 is 0 Å². The SMILES string of the molecule is CCn1cc(C(=O)N2CCN(Cc3nc(C)c(C)o3)CC2)cn1. The molecule has 0 atom stereocenters. The Balaban J connectivity index is 1.54. The van der Waals surface area contributed by atoms with E-state index in [1.807, 2.05) is 31.9 Å². The first-order valence-corrected chi connectivity index (χ1v) is 8.03. The molecule has 0 radical (unpaired) electrons. The predicted molar refractivity (Wildman–Crippen MR) is 85.1 cm³/mol.